The molecule has 0 saturated carbocycles. The highest BCUT2D eigenvalue weighted by Gasteiger charge is 2.38. The summed E-state index contributed by atoms with van der Waals surface area (Å²) in [6.07, 6.45) is 22.8. The SMILES string of the molecule is CCC1=CC(C)=C(CC(=O)C2=CC=C(Cc3cc4c(cc3C)C(C)(C)CCC4(C)C)C2CC2C=CC=C2)C(C)C1. The van der Waals surface area contributed by atoms with Crippen molar-refractivity contribution in [3.63, 3.8) is 0 Å². The first kappa shape index (κ1) is 28.8. The lowest BCUT2D eigenvalue weighted by Crippen LogP contribution is -2.34. The van der Waals surface area contributed by atoms with Crippen LogP contribution in [0.2, 0.25) is 0 Å². The standard InChI is InChI=1S/C39H50O/c1-9-28-18-26(3)33(27(4)19-28)24-37(40)32-15-14-30(34(32)21-29-12-10-11-13-29)22-31-23-36-35(20-25(31)2)38(5,6)16-17-39(36,7)8/h10-15,18,20,23,27,29,34H,9,16-17,19,21-22,24H2,1-8H3. The molecule has 40 heavy (non-hydrogen) atoms. The fourth-order valence-electron chi connectivity index (χ4n) is 7.66. The van der Waals surface area contributed by atoms with Crippen molar-refractivity contribution < 1.29 is 4.79 Å². The minimum atomic E-state index is 0.186. The molecular weight excluding hydrogens is 484 g/mol. The maximum atomic E-state index is 14.0. The van der Waals surface area contributed by atoms with Gasteiger partial charge in [-0.15, -0.1) is 0 Å². The summed E-state index contributed by atoms with van der Waals surface area (Å²) in [4.78, 5) is 14.0. The highest BCUT2D eigenvalue weighted by molar-refractivity contribution is 5.99. The van der Waals surface area contributed by atoms with E-state index in [1.165, 1.54) is 57.4 Å². The van der Waals surface area contributed by atoms with Crippen LogP contribution in [0.1, 0.15) is 109 Å². The maximum Gasteiger partial charge on any atom is 0.163 e. The maximum absolute atomic E-state index is 14.0. The van der Waals surface area contributed by atoms with E-state index in [-0.39, 0.29) is 16.7 Å². The first-order valence-electron chi connectivity index (χ1n) is 15.7. The third-order valence-corrected chi connectivity index (χ3v) is 10.6. The van der Waals surface area contributed by atoms with Gasteiger partial charge in [0.2, 0.25) is 0 Å². The molecule has 1 heteroatoms. The van der Waals surface area contributed by atoms with E-state index in [4.69, 9.17) is 0 Å². The van der Waals surface area contributed by atoms with Crippen molar-refractivity contribution in [2.24, 2.45) is 17.8 Å². The van der Waals surface area contributed by atoms with Gasteiger partial charge < -0.3 is 0 Å². The van der Waals surface area contributed by atoms with E-state index in [0.717, 1.165) is 31.3 Å². The van der Waals surface area contributed by atoms with Crippen molar-refractivity contribution in [1.29, 1.82) is 0 Å². The molecular formula is C39H50O. The van der Waals surface area contributed by atoms with Crippen LogP contribution in [-0.2, 0) is 22.0 Å². The predicted octanol–water partition coefficient (Wildman–Crippen LogP) is 10.2. The molecule has 0 saturated heterocycles. The van der Waals surface area contributed by atoms with Crippen LogP contribution in [0.5, 0.6) is 0 Å². The van der Waals surface area contributed by atoms with Crippen LogP contribution >= 0.6 is 0 Å². The van der Waals surface area contributed by atoms with E-state index in [0.29, 0.717) is 24.0 Å². The fourth-order valence-corrected chi connectivity index (χ4v) is 7.66. The summed E-state index contributed by atoms with van der Waals surface area (Å²) in [5, 5.41) is 0. The minimum absolute atomic E-state index is 0.186. The van der Waals surface area contributed by atoms with Gasteiger partial charge in [0.15, 0.2) is 5.78 Å². The van der Waals surface area contributed by atoms with E-state index < -0.39 is 0 Å². The summed E-state index contributed by atoms with van der Waals surface area (Å²) in [7, 11) is 0. The van der Waals surface area contributed by atoms with Gasteiger partial charge in [-0.05, 0) is 97.3 Å². The summed E-state index contributed by atoms with van der Waals surface area (Å²) < 4.78 is 0. The molecule has 0 bridgehead atoms. The number of hydrogen-bond donors (Lipinski definition) is 0. The van der Waals surface area contributed by atoms with Crippen molar-refractivity contribution in [1.82, 2.24) is 0 Å². The number of hydrogen-bond acceptors (Lipinski definition) is 1. The molecule has 212 valence electrons. The van der Waals surface area contributed by atoms with Gasteiger partial charge in [-0.25, -0.2) is 0 Å². The number of carbonyl (C=O) groups excluding carboxylic acids is 1. The third-order valence-electron chi connectivity index (χ3n) is 10.6. The molecule has 4 aliphatic carbocycles. The zero-order valence-corrected chi connectivity index (χ0v) is 26.3. The molecule has 0 radical (unpaired) electrons. The van der Waals surface area contributed by atoms with Crippen LogP contribution in [0, 0.1) is 24.7 Å². The van der Waals surface area contributed by atoms with E-state index in [1.54, 1.807) is 0 Å². The van der Waals surface area contributed by atoms with Crippen molar-refractivity contribution >= 4 is 5.78 Å². The number of allylic oxidation sites excluding steroid dienone is 12. The Morgan fingerprint density at radius 1 is 0.950 bits per heavy atom. The summed E-state index contributed by atoms with van der Waals surface area (Å²) in [5.41, 5.74) is 12.9. The Morgan fingerprint density at radius 2 is 1.60 bits per heavy atom. The van der Waals surface area contributed by atoms with E-state index in [1.807, 2.05) is 0 Å². The van der Waals surface area contributed by atoms with Crippen LogP contribution in [0.4, 0.5) is 0 Å². The molecule has 0 N–H and O–H groups in total. The summed E-state index contributed by atoms with van der Waals surface area (Å²) in [6, 6.07) is 5.00. The Kier molecular flexibility index (Phi) is 7.90. The number of carbonyl (C=O) groups is 1. The summed E-state index contributed by atoms with van der Waals surface area (Å²) in [6.45, 7) is 18.7. The smallest absolute Gasteiger partial charge is 0.163 e. The Balaban J connectivity index is 1.42. The topological polar surface area (TPSA) is 17.1 Å². The van der Waals surface area contributed by atoms with Gasteiger partial charge >= 0.3 is 0 Å². The third kappa shape index (κ3) is 5.59. The van der Waals surface area contributed by atoms with Gasteiger partial charge in [-0.2, -0.15) is 0 Å². The number of ketones is 1. The van der Waals surface area contributed by atoms with Gasteiger partial charge in [0.25, 0.3) is 0 Å². The lowest BCUT2D eigenvalue weighted by molar-refractivity contribution is -0.115. The second kappa shape index (κ2) is 11.0. The fraction of sp³-hybridized carbons (Fsp3) is 0.513. The van der Waals surface area contributed by atoms with Crippen molar-refractivity contribution in [3.8, 4) is 0 Å². The van der Waals surface area contributed by atoms with Crippen LogP contribution in [0.25, 0.3) is 0 Å². The molecule has 2 unspecified atom stereocenters. The minimum Gasteiger partial charge on any atom is -0.294 e. The van der Waals surface area contributed by atoms with E-state index >= 15 is 0 Å². The zero-order valence-electron chi connectivity index (χ0n) is 26.3. The summed E-state index contributed by atoms with van der Waals surface area (Å²) in [5.74, 6) is 1.35. The second-order valence-corrected chi connectivity index (χ2v) is 14.4. The molecule has 1 aromatic rings. The molecule has 1 nitrogen and oxygen atoms in total. The molecule has 0 aliphatic heterocycles. The molecule has 0 amide bonds. The average Bonchev–Trinajstić information content (AvgIpc) is 3.55. The molecule has 0 spiro atoms. The first-order chi connectivity index (χ1) is 18.9. The number of aryl methyl sites for hydroxylation is 1. The van der Waals surface area contributed by atoms with Gasteiger partial charge in [0.05, 0.1) is 0 Å². The quantitative estimate of drug-likeness (QED) is 0.324. The van der Waals surface area contributed by atoms with Gasteiger partial charge in [-0.3, -0.25) is 4.79 Å². The normalized spacial score (nSPS) is 25.1. The Hall–Kier alpha value is -2.67. The largest absolute Gasteiger partial charge is 0.294 e. The van der Waals surface area contributed by atoms with Gasteiger partial charge in [-0.1, -0.05) is 118 Å². The predicted molar refractivity (Wildman–Crippen MR) is 171 cm³/mol. The average molecular weight is 535 g/mol. The highest BCUT2D eigenvalue weighted by Crippen LogP contribution is 2.47. The lowest BCUT2D eigenvalue weighted by Gasteiger charge is -2.42. The zero-order chi connectivity index (χ0) is 28.8. The second-order valence-electron chi connectivity index (χ2n) is 14.4. The molecule has 0 aromatic heterocycles. The van der Waals surface area contributed by atoms with Crippen LogP contribution < -0.4 is 0 Å². The summed E-state index contributed by atoms with van der Waals surface area (Å²) >= 11 is 0. The van der Waals surface area contributed by atoms with Crippen molar-refractivity contribution in [2.45, 2.75) is 111 Å². The Bertz CT molecular complexity index is 1370. The monoisotopic (exact) mass is 534 g/mol. The molecule has 0 fully saturated rings. The Morgan fingerprint density at radius 3 is 2.23 bits per heavy atom. The molecule has 5 rings (SSSR count). The molecule has 1 aromatic carbocycles. The molecule has 2 atom stereocenters. The van der Waals surface area contributed by atoms with Crippen molar-refractivity contribution in [2.75, 3.05) is 0 Å². The highest BCUT2D eigenvalue weighted by atomic mass is 16.1. The number of fused-ring (bicyclic) bond motifs is 1. The van der Waals surface area contributed by atoms with E-state index in [9.17, 15) is 4.79 Å². The van der Waals surface area contributed by atoms with E-state index in [2.05, 4.69) is 110 Å². The van der Waals surface area contributed by atoms with Gasteiger partial charge in [0.1, 0.15) is 0 Å². The number of Topliss-reactive ketones (excluding diaryl/α,β-unsaturated/α-hetero) is 1. The van der Waals surface area contributed by atoms with Crippen LogP contribution in [0.15, 0.2) is 82.5 Å². The Labute approximate surface area is 243 Å². The van der Waals surface area contributed by atoms with Crippen LogP contribution in [-0.4, -0.2) is 5.78 Å². The lowest BCUT2D eigenvalue weighted by atomic mass is 9.62. The molecule has 0 heterocycles. The first-order valence-corrected chi connectivity index (χ1v) is 15.7. The molecule has 4 aliphatic rings. The van der Waals surface area contributed by atoms with Crippen molar-refractivity contribution in [3.05, 3.63) is 105 Å². The van der Waals surface area contributed by atoms with Gasteiger partial charge in [0, 0.05) is 17.9 Å². The van der Waals surface area contributed by atoms with Crippen LogP contribution in [0.3, 0.4) is 0 Å². The number of rotatable bonds is 8. The number of benzene rings is 1.